The van der Waals surface area contributed by atoms with Crippen LogP contribution in [-0.4, -0.2) is 41.2 Å². The number of benzene rings is 1. The number of esters is 1. The summed E-state index contributed by atoms with van der Waals surface area (Å²) >= 11 is 5.81. The molecule has 3 amide bonds. The minimum Gasteiger partial charge on any atom is -0.454 e. The van der Waals surface area contributed by atoms with E-state index in [9.17, 15) is 19.2 Å². The Kier molecular flexibility index (Phi) is 5.40. The van der Waals surface area contributed by atoms with Crippen molar-refractivity contribution in [1.82, 2.24) is 4.90 Å². The zero-order chi connectivity index (χ0) is 21.6. The number of nitrogens with zero attached hydrogens (tertiary/aromatic N) is 1. The monoisotopic (exact) mass is 430 g/mol. The number of carbonyl (C=O) groups excluding carboxylic acids is 4. The maximum Gasteiger partial charge on any atom is 0.330 e. The van der Waals surface area contributed by atoms with Crippen LogP contribution in [0.1, 0.15) is 20.3 Å². The highest BCUT2D eigenvalue weighted by Crippen LogP contribution is 2.53. The minimum atomic E-state index is -1.04. The van der Waals surface area contributed by atoms with E-state index in [1.165, 1.54) is 0 Å². The summed E-state index contributed by atoms with van der Waals surface area (Å²) in [7, 11) is 0. The van der Waals surface area contributed by atoms with Gasteiger partial charge >= 0.3 is 5.97 Å². The van der Waals surface area contributed by atoms with E-state index in [0.29, 0.717) is 10.7 Å². The van der Waals surface area contributed by atoms with E-state index in [1.54, 1.807) is 38.1 Å². The van der Waals surface area contributed by atoms with Crippen molar-refractivity contribution >= 4 is 41.0 Å². The molecule has 0 aromatic heterocycles. The SMILES string of the molecule is CC(C)[C@@H](C(=O)OCC(=O)Nc1ccc(Cl)cc1)N1C(=O)[C@@H]2[C@H](C1=O)[C@H]1C=C[C@H]2C1. The molecule has 1 N–H and O–H groups in total. The Balaban J connectivity index is 1.41. The predicted molar refractivity (Wildman–Crippen MR) is 109 cm³/mol. The summed E-state index contributed by atoms with van der Waals surface area (Å²) < 4.78 is 5.18. The number of fused-ring (bicyclic) bond motifs is 5. The smallest absolute Gasteiger partial charge is 0.330 e. The van der Waals surface area contributed by atoms with Crippen LogP contribution in [0.25, 0.3) is 0 Å². The van der Waals surface area contributed by atoms with E-state index >= 15 is 0 Å². The number of hydrogen-bond acceptors (Lipinski definition) is 5. The van der Waals surface area contributed by atoms with Gasteiger partial charge in [-0.25, -0.2) is 4.79 Å². The van der Waals surface area contributed by atoms with Gasteiger partial charge < -0.3 is 10.1 Å². The average Bonchev–Trinajstić information content (AvgIpc) is 3.38. The zero-order valence-electron chi connectivity index (χ0n) is 16.7. The number of carbonyl (C=O) groups is 4. The standard InChI is InChI=1S/C22H23ClN2O5/c1-11(2)19(22(29)30-10-16(26)24-15-7-5-14(23)6-8-15)25-20(27)17-12-3-4-13(9-12)18(17)21(25)28/h3-8,11-13,17-19H,9-10H2,1-2H3,(H,24,26)/t12-,13-,17-,18+,19-/m0/s1. The third-order valence-corrected chi connectivity index (χ3v) is 6.38. The first-order chi connectivity index (χ1) is 14.3. The summed E-state index contributed by atoms with van der Waals surface area (Å²) in [6.45, 7) is 2.99. The van der Waals surface area contributed by atoms with Crippen LogP contribution in [0.5, 0.6) is 0 Å². The highest BCUT2D eigenvalue weighted by Gasteiger charge is 2.61. The van der Waals surface area contributed by atoms with Crippen molar-refractivity contribution in [3.8, 4) is 0 Å². The number of rotatable bonds is 6. The number of hydrogen-bond donors (Lipinski definition) is 1. The number of allylic oxidation sites excluding steroid dienone is 2. The summed E-state index contributed by atoms with van der Waals surface area (Å²) in [5.74, 6) is -2.85. The normalized spacial score (nSPS) is 27.5. The molecule has 158 valence electrons. The quantitative estimate of drug-likeness (QED) is 0.425. The van der Waals surface area contributed by atoms with Crippen LogP contribution in [0.4, 0.5) is 5.69 Å². The molecule has 0 unspecified atom stereocenters. The van der Waals surface area contributed by atoms with Gasteiger partial charge in [0, 0.05) is 10.7 Å². The summed E-state index contributed by atoms with van der Waals surface area (Å²) in [5, 5.41) is 3.14. The van der Waals surface area contributed by atoms with Gasteiger partial charge in [0.15, 0.2) is 6.61 Å². The molecule has 8 heteroatoms. The van der Waals surface area contributed by atoms with Crippen LogP contribution in [0.15, 0.2) is 36.4 Å². The summed E-state index contributed by atoms with van der Waals surface area (Å²) in [4.78, 5) is 52.0. The third-order valence-electron chi connectivity index (χ3n) is 6.13. The van der Waals surface area contributed by atoms with Crippen LogP contribution in [0.2, 0.25) is 5.02 Å². The van der Waals surface area contributed by atoms with Crippen LogP contribution in [-0.2, 0) is 23.9 Å². The second kappa shape index (κ2) is 7.87. The lowest BCUT2D eigenvalue weighted by Crippen LogP contribution is -2.50. The summed E-state index contributed by atoms with van der Waals surface area (Å²) in [6.07, 6.45) is 4.83. The molecule has 30 heavy (non-hydrogen) atoms. The van der Waals surface area contributed by atoms with Gasteiger partial charge in [-0.1, -0.05) is 37.6 Å². The number of nitrogens with one attached hydrogen (secondary N) is 1. The lowest BCUT2D eigenvalue weighted by molar-refractivity contribution is -0.162. The molecule has 0 radical (unpaired) electrons. The lowest BCUT2D eigenvalue weighted by Gasteiger charge is -2.28. The predicted octanol–water partition coefficient (Wildman–Crippen LogP) is 2.65. The molecule has 7 nitrogen and oxygen atoms in total. The molecule has 1 aliphatic heterocycles. The third kappa shape index (κ3) is 3.51. The Morgan fingerprint density at radius 2 is 1.67 bits per heavy atom. The van der Waals surface area contributed by atoms with Gasteiger partial charge in [0.1, 0.15) is 6.04 Å². The number of imide groups is 1. The number of halogens is 1. The van der Waals surface area contributed by atoms with Crippen molar-refractivity contribution in [1.29, 1.82) is 0 Å². The topological polar surface area (TPSA) is 92.8 Å². The van der Waals surface area contributed by atoms with E-state index in [2.05, 4.69) is 5.32 Å². The molecule has 2 aliphatic carbocycles. The van der Waals surface area contributed by atoms with Gasteiger partial charge in [-0.15, -0.1) is 0 Å². The molecule has 2 fully saturated rings. The van der Waals surface area contributed by atoms with E-state index in [1.807, 2.05) is 12.2 Å². The molecule has 1 saturated heterocycles. The van der Waals surface area contributed by atoms with E-state index in [-0.39, 0.29) is 41.4 Å². The van der Waals surface area contributed by atoms with Gasteiger partial charge in [0.2, 0.25) is 11.8 Å². The zero-order valence-corrected chi connectivity index (χ0v) is 17.5. The van der Waals surface area contributed by atoms with Gasteiger partial charge in [0.25, 0.3) is 5.91 Å². The first kappa shape index (κ1) is 20.6. The van der Waals surface area contributed by atoms with Gasteiger partial charge in [-0.2, -0.15) is 0 Å². The van der Waals surface area contributed by atoms with E-state index in [0.717, 1.165) is 11.3 Å². The fourth-order valence-corrected chi connectivity index (χ4v) is 4.95. The van der Waals surface area contributed by atoms with Crippen molar-refractivity contribution in [2.24, 2.45) is 29.6 Å². The fourth-order valence-electron chi connectivity index (χ4n) is 4.83. The highest BCUT2D eigenvalue weighted by molar-refractivity contribution is 6.30. The molecule has 3 aliphatic rings. The molecule has 5 atom stereocenters. The van der Waals surface area contributed by atoms with E-state index < -0.39 is 24.5 Å². The van der Waals surface area contributed by atoms with E-state index in [4.69, 9.17) is 16.3 Å². The number of likely N-dealkylation sites (tertiary alicyclic amines) is 1. The number of ether oxygens (including phenoxy) is 1. The van der Waals surface area contributed by atoms with Crippen LogP contribution in [0, 0.1) is 29.6 Å². The van der Waals surface area contributed by atoms with Crippen molar-refractivity contribution in [3.63, 3.8) is 0 Å². The average molecular weight is 431 g/mol. The molecule has 2 bridgehead atoms. The molecular formula is C22H23ClN2O5. The molecule has 1 aromatic rings. The Hall–Kier alpha value is -2.67. The molecule has 1 aromatic carbocycles. The second-order valence-corrected chi connectivity index (χ2v) is 8.83. The Morgan fingerprint density at radius 3 is 2.20 bits per heavy atom. The molecule has 4 rings (SSSR count). The van der Waals surface area contributed by atoms with Crippen molar-refractivity contribution in [3.05, 3.63) is 41.4 Å². The van der Waals surface area contributed by atoms with Gasteiger partial charge in [-0.3, -0.25) is 19.3 Å². The van der Waals surface area contributed by atoms with Crippen molar-refractivity contribution in [2.75, 3.05) is 11.9 Å². The van der Waals surface area contributed by atoms with Crippen molar-refractivity contribution in [2.45, 2.75) is 26.3 Å². The van der Waals surface area contributed by atoms with Crippen molar-refractivity contribution < 1.29 is 23.9 Å². The molecule has 1 saturated carbocycles. The fraction of sp³-hybridized carbons (Fsp3) is 0.455. The maximum atomic E-state index is 13.0. The second-order valence-electron chi connectivity index (χ2n) is 8.40. The number of amides is 3. The number of anilines is 1. The van der Waals surface area contributed by atoms with Crippen LogP contribution >= 0.6 is 11.6 Å². The Labute approximate surface area is 179 Å². The maximum absolute atomic E-state index is 13.0. The molecule has 1 heterocycles. The Bertz CT molecular complexity index is 896. The first-order valence-electron chi connectivity index (χ1n) is 10.0. The van der Waals surface area contributed by atoms with Crippen LogP contribution < -0.4 is 5.32 Å². The molecular weight excluding hydrogens is 408 g/mol. The first-order valence-corrected chi connectivity index (χ1v) is 10.4. The summed E-state index contributed by atoms with van der Waals surface area (Å²) in [6, 6.07) is 5.46. The van der Waals surface area contributed by atoms with Crippen LogP contribution in [0.3, 0.4) is 0 Å². The van der Waals surface area contributed by atoms with Gasteiger partial charge in [0.05, 0.1) is 11.8 Å². The largest absolute Gasteiger partial charge is 0.454 e. The summed E-state index contributed by atoms with van der Waals surface area (Å²) in [5.41, 5.74) is 0.515. The van der Waals surface area contributed by atoms with Gasteiger partial charge in [-0.05, 0) is 48.4 Å². The Morgan fingerprint density at radius 1 is 1.10 bits per heavy atom. The lowest BCUT2D eigenvalue weighted by atomic mass is 9.85. The highest BCUT2D eigenvalue weighted by atomic mass is 35.5. The minimum absolute atomic E-state index is 0.0652. The molecule has 0 spiro atoms.